The summed E-state index contributed by atoms with van der Waals surface area (Å²) >= 11 is 0. The van der Waals surface area contributed by atoms with Gasteiger partial charge in [-0.2, -0.15) is 10.4 Å². The Morgan fingerprint density at radius 1 is 1.35 bits per heavy atom. The summed E-state index contributed by atoms with van der Waals surface area (Å²) < 4.78 is 17.1. The number of hydrogen-bond donors (Lipinski definition) is 0. The molecule has 1 atom stereocenters. The molecule has 6 heteroatoms. The predicted octanol–water partition coefficient (Wildman–Crippen LogP) is 2.05. The molecule has 0 saturated heterocycles. The molecular weight excluding hydrogens is 295 g/mol. The van der Waals surface area contributed by atoms with Crippen molar-refractivity contribution in [2.75, 3.05) is 0 Å². The smallest absolute Gasteiger partial charge is 0.271 e. The van der Waals surface area contributed by atoms with E-state index in [-0.39, 0.29) is 17.3 Å². The number of fused-ring (bicyclic) bond motifs is 1. The van der Waals surface area contributed by atoms with E-state index in [0.717, 1.165) is 24.2 Å². The molecule has 3 saturated carbocycles. The molecular formula is C17H15FN4O. The lowest BCUT2D eigenvalue weighted by Gasteiger charge is -2.64. The third-order valence-electron chi connectivity index (χ3n) is 5.62. The summed E-state index contributed by atoms with van der Waals surface area (Å²) in [6.07, 6.45) is 2.81. The summed E-state index contributed by atoms with van der Waals surface area (Å²) in [5, 5.41) is 13.6. The predicted molar refractivity (Wildman–Crippen MR) is 79.8 cm³/mol. The van der Waals surface area contributed by atoms with Crippen molar-refractivity contribution in [3.05, 3.63) is 51.7 Å². The molecule has 2 bridgehead atoms. The first-order valence-electron chi connectivity index (χ1n) is 7.94. The zero-order chi connectivity index (χ0) is 15.8. The molecule has 2 aromatic rings. The lowest BCUT2D eigenvalue weighted by molar-refractivity contribution is -0.205. The lowest BCUT2D eigenvalue weighted by atomic mass is 9.47. The number of benzene rings is 1. The van der Waals surface area contributed by atoms with Crippen molar-refractivity contribution in [1.82, 2.24) is 14.3 Å². The van der Waals surface area contributed by atoms with Crippen LogP contribution >= 0.6 is 0 Å². The van der Waals surface area contributed by atoms with Crippen molar-refractivity contribution in [3.8, 4) is 6.07 Å². The van der Waals surface area contributed by atoms with Crippen LogP contribution in [0.1, 0.15) is 48.7 Å². The van der Waals surface area contributed by atoms with Crippen molar-refractivity contribution in [1.29, 1.82) is 5.26 Å². The van der Waals surface area contributed by atoms with Crippen molar-refractivity contribution in [2.24, 2.45) is 0 Å². The van der Waals surface area contributed by atoms with Crippen LogP contribution in [0.25, 0.3) is 0 Å². The molecule has 0 amide bonds. The molecule has 1 aliphatic heterocycles. The Labute approximate surface area is 132 Å². The third-order valence-corrected chi connectivity index (χ3v) is 5.62. The number of hydrogen-bond acceptors (Lipinski definition) is 3. The Morgan fingerprint density at radius 2 is 2.13 bits per heavy atom. The van der Waals surface area contributed by atoms with Crippen LogP contribution in [0.5, 0.6) is 0 Å². The highest BCUT2D eigenvalue weighted by Crippen LogP contribution is 2.66. The number of nitrogens with zero attached hydrogens (tertiary/aromatic N) is 4. The Hall–Kier alpha value is -2.42. The molecule has 0 spiro atoms. The molecule has 2 heterocycles. The van der Waals surface area contributed by atoms with Crippen molar-refractivity contribution in [3.63, 3.8) is 0 Å². The number of nitriles is 1. The highest BCUT2D eigenvalue weighted by atomic mass is 19.1. The number of alkyl halides is 1. The fourth-order valence-electron chi connectivity index (χ4n) is 4.58. The third kappa shape index (κ3) is 1.55. The normalized spacial score (nSPS) is 33.5. The summed E-state index contributed by atoms with van der Waals surface area (Å²) in [6.45, 7) is 0. The summed E-state index contributed by atoms with van der Waals surface area (Å²) in [7, 11) is 0. The molecule has 0 radical (unpaired) electrons. The number of halogens is 1. The summed E-state index contributed by atoms with van der Waals surface area (Å²) in [5.41, 5.74) is 0.00166. The first-order valence-corrected chi connectivity index (χ1v) is 7.94. The van der Waals surface area contributed by atoms with Crippen molar-refractivity contribution < 1.29 is 4.39 Å². The first kappa shape index (κ1) is 13.1. The van der Waals surface area contributed by atoms with Crippen LogP contribution in [0.15, 0.2) is 29.1 Å². The van der Waals surface area contributed by atoms with Crippen LogP contribution in [0, 0.1) is 11.3 Å². The molecule has 0 N–H and O–H groups in total. The van der Waals surface area contributed by atoms with Gasteiger partial charge in [0.1, 0.15) is 11.5 Å². The molecule has 1 aromatic heterocycles. The van der Waals surface area contributed by atoms with E-state index in [1.165, 1.54) is 4.68 Å². The van der Waals surface area contributed by atoms with E-state index in [4.69, 9.17) is 5.26 Å². The van der Waals surface area contributed by atoms with Gasteiger partial charge in [0.2, 0.25) is 0 Å². The highest BCUT2D eigenvalue weighted by molar-refractivity contribution is 5.35. The van der Waals surface area contributed by atoms with Crippen molar-refractivity contribution in [2.45, 2.75) is 49.4 Å². The van der Waals surface area contributed by atoms with Gasteiger partial charge < -0.3 is 0 Å². The maximum atomic E-state index is 13.8. The SMILES string of the molecule is N#Cc1cccc(C2CCc3nn(C45CC(F)(C4)C5)c(=O)n32)c1. The van der Waals surface area contributed by atoms with Crippen LogP contribution in [-0.2, 0) is 12.0 Å². The Kier molecular flexibility index (Phi) is 2.22. The molecule has 1 unspecified atom stereocenters. The minimum absolute atomic E-state index is 0.0776. The minimum atomic E-state index is -1.05. The molecule has 1 aromatic carbocycles. The van der Waals surface area contributed by atoms with E-state index in [0.29, 0.717) is 24.8 Å². The van der Waals surface area contributed by atoms with E-state index >= 15 is 0 Å². The molecule has 3 aliphatic carbocycles. The summed E-state index contributed by atoms with van der Waals surface area (Å²) in [4.78, 5) is 12.8. The van der Waals surface area contributed by atoms with Crippen LogP contribution in [-0.4, -0.2) is 20.0 Å². The van der Waals surface area contributed by atoms with E-state index in [1.54, 1.807) is 10.6 Å². The second-order valence-corrected chi connectivity index (χ2v) is 7.18. The van der Waals surface area contributed by atoms with Gasteiger partial charge in [0, 0.05) is 25.7 Å². The Morgan fingerprint density at radius 3 is 2.83 bits per heavy atom. The zero-order valence-corrected chi connectivity index (χ0v) is 12.5. The van der Waals surface area contributed by atoms with Crippen LogP contribution in [0.4, 0.5) is 4.39 Å². The standard InChI is InChI=1S/C17H15FN4O/c18-16-8-17(9-16,10-16)22-15(23)21-13(4-5-14(21)20-22)12-3-1-2-11(6-12)7-19/h1-3,6,13H,4-5,8-10H2. The Balaban J connectivity index is 1.57. The first-order chi connectivity index (χ1) is 11.0. The maximum absolute atomic E-state index is 13.8. The summed E-state index contributed by atoms with van der Waals surface area (Å²) in [5.74, 6) is 0.778. The quantitative estimate of drug-likeness (QED) is 0.853. The lowest BCUT2D eigenvalue weighted by Crippen LogP contribution is -2.72. The van der Waals surface area contributed by atoms with E-state index < -0.39 is 5.67 Å². The second kappa shape index (κ2) is 3.91. The van der Waals surface area contributed by atoms with Gasteiger partial charge in [-0.05, 0) is 24.1 Å². The van der Waals surface area contributed by atoms with Gasteiger partial charge in [-0.1, -0.05) is 12.1 Å². The van der Waals surface area contributed by atoms with E-state index in [2.05, 4.69) is 11.2 Å². The number of aryl methyl sites for hydroxylation is 1. The van der Waals surface area contributed by atoms with Gasteiger partial charge in [-0.3, -0.25) is 4.57 Å². The van der Waals surface area contributed by atoms with E-state index in [1.807, 2.05) is 18.2 Å². The second-order valence-electron chi connectivity index (χ2n) is 7.18. The molecule has 6 rings (SSSR count). The van der Waals surface area contributed by atoms with Gasteiger partial charge in [0.05, 0.1) is 23.2 Å². The molecule has 3 fully saturated rings. The number of rotatable bonds is 2. The van der Waals surface area contributed by atoms with Crippen LogP contribution in [0.2, 0.25) is 0 Å². The Bertz CT molecular complexity index is 915. The molecule has 5 nitrogen and oxygen atoms in total. The van der Waals surface area contributed by atoms with Crippen LogP contribution in [0.3, 0.4) is 0 Å². The van der Waals surface area contributed by atoms with Gasteiger partial charge in [0.25, 0.3) is 0 Å². The fraction of sp³-hybridized carbons (Fsp3) is 0.471. The van der Waals surface area contributed by atoms with Crippen LogP contribution < -0.4 is 5.69 Å². The largest absolute Gasteiger partial charge is 0.347 e. The monoisotopic (exact) mass is 310 g/mol. The maximum Gasteiger partial charge on any atom is 0.347 e. The van der Waals surface area contributed by atoms with Gasteiger partial charge >= 0.3 is 5.69 Å². The zero-order valence-electron chi connectivity index (χ0n) is 12.5. The highest BCUT2D eigenvalue weighted by Gasteiger charge is 2.71. The average molecular weight is 310 g/mol. The topological polar surface area (TPSA) is 63.6 Å². The van der Waals surface area contributed by atoms with E-state index in [9.17, 15) is 9.18 Å². The van der Waals surface area contributed by atoms with Gasteiger partial charge in [-0.25, -0.2) is 13.9 Å². The minimum Gasteiger partial charge on any atom is -0.271 e. The summed E-state index contributed by atoms with van der Waals surface area (Å²) in [6, 6.07) is 9.44. The van der Waals surface area contributed by atoms with Crippen molar-refractivity contribution >= 4 is 0 Å². The number of aromatic nitrogens is 3. The molecule has 23 heavy (non-hydrogen) atoms. The van der Waals surface area contributed by atoms with Gasteiger partial charge in [0.15, 0.2) is 0 Å². The van der Waals surface area contributed by atoms with Gasteiger partial charge in [-0.15, -0.1) is 0 Å². The molecule has 116 valence electrons. The molecule has 4 aliphatic rings. The average Bonchev–Trinajstić information content (AvgIpc) is 3.04. The fourth-order valence-corrected chi connectivity index (χ4v) is 4.58.